The van der Waals surface area contributed by atoms with Crippen molar-refractivity contribution < 1.29 is 9.90 Å². The fourth-order valence-electron chi connectivity index (χ4n) is 1.52. The largest absolute Gasteiger partial charge is 0.477 e. The molecular weight excluding hydrogens is 206 g/mol. The van der Waals surface area contributed by atoms with E-state index in [2.05, 4.69) is 5.10 Å². The zero-order valence-corrected chi connectivity index (χ0v) is 8.71. The Morgan fingerprint density at radius 3 is 2.69 bits per heavy atom. The summed E-state index contributed by atoms with van der Waals surface area (Å²) in [5.74, 6) is -0.931. The van der Waals surface area contributed by atoms with Gasteiger partial charge in [0.05, 0.1) is 11.9 Å². The molecule has 0 aliphatic heterocycles. The summed E-state index contributed by atoms with van der Waals surface area (Å²) in [6, 6.07) is 7.50. The number of nitrogens with two attached hydrogens (primary N) is 1. The molecule has 5 nitrogen and oxygen atoms in total. The third kappa shape index (κ3) is 1.52. The van der Waals surface area contributed by atoms with Gasteiger partial charge in [0.25, 0.3) is 0 Å². The molecule has 1 aromatic heterocycles. The molecule has 2 aromatic rings. The molecule has 0 fully saturated rings. The van der Waals surface area contributed by atoms with Gasteiger partial charge in [-0.1, -0.05) is 18.2 Å². The van der Waals surface area contributed by atoms with Gasteiger partial charge in [0.2, 0.25) is 0 Å². The second-order valence-corrected chi connectivity index (χ2v) is 3.45. The number of rotatable bonds is 2. The average Bonchev–Trinajstić information content (AvgIpc) is 2.61. The van der Waals surface area contributed by atoms with Crippen LogP contribution in [-0.4, -0.2) is 20.9 Å². The molecule has 2 rings (SSSR count). The fourth-order valence-corrected chi connectivity index (χ4v) is 1.52. The highest BCUT2D eigenvalue weighted by molar-refractivity contribution is 5.92. The summed E-state index contributed by atoms with van der Waals surface area (Å²) >= 11 is 0. The molecule has 1 aromatic carbocycles. The van der Waals surface area contributed by atoms with Crippen molar-refractivity contribution >= 4 is 11.8 Å². The SMILES string of the molecule is Cc1ccccc1-n1ncc(C(=O)O)c1N. The molecule has 0 atom stereocenters. The van der Waals surface area contributed by atoms with Crippen molar-refractivity contribution in [3.63, 3.8) is 0 Å². The quantitative estimate of drug-likeness (QED) is 0.797. The van der Waals surface area contributed by atoms with Gasteiger partial charge in [-0.2, -0.15) is 5.10 Å². The van der Waals surface area contributed by atoms with Gasteiger partial charge in [0, 0.05) is 0 Å². The molecule has 0 unspecified atom stereocenters. The van der Waals surface area contributed by atoms with Crippen LogP contribution in [0.4, 0.5) is 5.82 Å². The fraction of sp³-hybridized carbons (Fsp3) is 0.0909. The summed E-state index contributed by atoms with van der Waals surface area (Å²) in [4.78, 5) is 10.8. The number of hydrogen-bond donors (Lipinski definition) is 2. The molecule has 0 amide bonds. The summed E-state index contributed by atoms with van der Waals surface area (Å²) in [5, 5.41) is 12.8. The number of carboxylic acid groups (broad SMARTS) is 1. The highest BCUT2D eigenvalue weighted by Crippen LogP contribution is 2.19. The number of benzene rings is 1. The zero-order chi connectivity index (χ0) is 11.7. The summed E-state index contributed by atoms with van der Waals surface area (Å²) in [7, 11) is 0. The topological polar surface area (TPSA) is 81.1 Å². The van der Waals surface area contributed by atoms with Gasteiger partial charge in [-0.3, -0.25) is 0 Å². The van der Waals surface area contributed by atoms with Gasteiger partial charge < -0.3 is 10.8 Å². The molecular formula is C11H11N3O2. The molecule has 3 N–H and O–H groups in total. The van der Waals surface area contributed by atoms with Crippen molar-refractivity contribution in [2.45, 2.75) is 6.92 Å². The van der Waals surface area contributed by atoms with E-state index in [-0.39, 0.29) is 11.4 Å². The van der Waals surface area contributed by atoms with Crippen molar-refractivity contribution in [2.75, 3.05) is 5.73 Å². The van der Waals surface area contributed by atoms with Gasteiger partial charge >= 0.3 is 5.97 Å². The smallest absolute Gasteiger partial charge is 0.341 e. The Balaban J connectivity index is 2.58. The summed E-state index contributed by atoms with van der Waals surface area (Å²) in [6.45, 7) is 1.91. The van der Waals surface area contributed by atoms with Crippen LogP contribution in [0.5, 0.6) is 0 Å². The van der Waals surface area contributed by atoms with Crippen LogP contribution >= 0.6 is 0 Å². The number of hydrogen-bond acceptors (Lipinski definition) is 3. The standard InChI is InChI=1S/C11H11N3O2/c1-7-4-2-3-5-9(7)14-10(12)8(6-13-14)11(15)16/h2-6H,12H2,1H3,(H,15,16). The van der Waals surface area contributed by atoms with Gasteiger partial charge in [-0.15, -0.1) is 0 Å². The number of para-hydroxylation sites is 1. The van der Waals surface area contributed by atoms with E-state index >= 15 is 0 Å². The third-order valence-corrected chi connectivity index (χ3v) is 2.38. The van der Waals surface area contributed by atoms with E-state index in [0.717, 1.165) is 11.3 Å². The number of aromatic nitrogens is 2. The second kappa shape index (κ2) is 3.69. The molecule has 5 heteroatoms. The minimum absolute atomic E-state index is 0.0169. The van der Waals surface area contributed by atoms with E-state index in [0.29, 0.717) is 0 Å². The van der Waals surface area contributed by atoms with Crippen molar-refractivity contribution in [1.29, 1.82) is 0 Å². The molecule has 16 heavy (non-hydrogen) atoms. The summed E-state index contributed by atoms with van der Waals surface area (Å²) in [5.41, 5.74) is 7.51. The van der Waals surface area contributed by atoms with E-state index in [1.807, 2.05) is 31.2 Å². The monoisotopic (exact) mass is 217 g/mol. The highest BCUT2D eigenvalue weighted by atomic mass is 16.4. The first-order chi connectivity index (χ1) is 7.61. The molecule has 0 aliphatic carbocycles. The van der Waals surface area contributed by atoms with Crippen molar-refractivity contribution in [3.8, 4) is 5.69 Å². The molecule has 0 radical (unpaired) electrons. The lowest BCUT2D eigenvalue weighted by atomic mass is 10.2. The number of anilines is 1. The van der Waals surface area contributed by atoms with E-state index in [9.17, 15) is 4.79 Å². The van der Waals surface area contributed by atoms with Crippen LogP contribution in [-0.2, 0) is 0 Å². The Hall–Kier alpha value is -2.30. The van der Waals surface area contributed by atoms with Gasteiger partial charge in [-0.25, -0.2) is 9.48 Å². The first-order valence-electron chi connectivity index (χ1n) is 4.74. The number of carboxylic acids is 1. The van der Waals surface area contributed by atoms with Crippen LogP contribution in [0.1, 0.15) is 15.9 Å². The Morgan fingerprint density at radius 2 is 2.12 bits per heavy atom. The normalized spacial score (nSPS) is 10.3. The Bertz CT molecular complexity index is 546. The summed E-state index contributed by atoms with van der Waals surface area (Å²) in [6.07, 6.45) is 1.25. The molecule has 1 heterocycles. The maximum absolute atomic E-state index is 10.8. The molecule has 0 aliphatic rings. The second-order valence-electron chi connectivity index (χ2n) is 3.45. The van der Waals surface area contributed by atoms with E-state index in [1.54, 1.807) is 0 Å². The van der Waals surface area contributed by atoms with Crippen molar-refractivity contribution in [1.82, 2.24) is 9.78 Å². The molecule has 0 saturated heterocycles. The molecule has 0 bridgehead atoms. The lowest BCUT2D eigenvalue weighted by Gasteiger charge is -2.07. The Morgan fingerprint density at radius 1 is 1.44 bits per heavy atom. The van der Waals surface area contributed by atoms with Crippen LogP contribution in [0.3, 0.4) is 0 Å². The van der Waals surface area contributed by atoms with Gasteiger partial charge in [0.1, 0.15) is 11.4 Å². The van der Waals surface area contributed by atoms with Gasteiger partial charge in [-0.05, 0) is 18.6 Å². The maximum atomic E-state index is 10.8. The lowest BCUT2D eigenvalue weighted by Crippen LogP contribution is -2.06. The van der Waals surface area contributed by atoms with E-state index in [1.165, 1.54) is 10.9 Å². The predicted molar refractivity (Wildman–Crippen MR) is 59.7 cm³/mol. The number of aryl methyl sites for hydroxylation is 1. The molecule has 0 spiro atoms. The van der Waals surface area contributed by atoms with E-state index in [4.69, 9.17) is 10.8 Å². The lowest BCUT2D eigenvalue weighted by molar-refractivity contribution is 0.0698. The van der Waals surface area contributed by atoms with Crippen LogP contribution in [0.25, 0.3) is 5.69 Å². The van der Waals surface area contributed by atoms with E-state index < -0.39 is 5.97 Å². The number of nitrogens with zero attached hydrogens (tertiary/aromatic N) is 2. The highest BCUT2D eigenvalue weighted by Gasteiger charge is 2.15. The average molecular weight is 217 g/mol. The predicted octanol–water partition coefficient (Wildman–Crippen LogP) is 1.46. The summed E-state index contributed by atoms with van der Waals surface area (Å²) < 4.78 is 1.43. The number of carbonyl (C=O) groups is 1. The van der Waals surface area contributed by atoms with Crippen LogP contribution in [0.15, 0.2) is 30.5 Å². The zero-order valence-electron chi connectivity index (χ0n) is 8.71. The van der Waals surface area contributed by atoms with Gasteiger partial charge in [0.15, 0.2) is 0 Å². The molecule has 0 saturated carbocycles. The van der Waals surface area contributed by atoms with Crippen molar-refractivity contribution in [2.24, 2.45) is 0 Å². The van der Waals surface area contributed by atoms with Crippen molar-refractivity contribution in [3.05, 3.63) is 41.6 Å². The number of nitrogen functional groups attached to an aromatic ring is 1. The minimum atomic E-state index is -1.07. The first kappa shape index (κ1) is 10.2. The van der Waals surface area contributed by atoms with Crippen LogP contribution < -0.4 is 5.73 Å². The Labute approximate surface area is 92.1 Å². The third-order valence-electron chi connectivity index (χ3n) is 2.38. The number of aromatic carboxylic acids is 1. The minimum Gasteiger partial charge on any atom is -0.477 e. The first-order valence-corrected chi connectivity index (χ1v) is 4.74. The van der Waals surface area contributed by atoms with Crippen LogP contribution in [0.2, 0.25) is 0 Å². The van der Waals surface area contributed by atoms with Crippen LogP contribution in [0, 0.1) is 6.92 Å². The molecule has 82 valence electrons. The Kier molecular flexibility index (Phi) is 2.36. The maximum Gasteiger partial charge on any atom is 0.341 e.